The number of amides is 1. The van der Waals surface area contributed by atoms with Crippen LogP contribution in [-0.2, 0) is 11.2 Å². The lowest BCUT2D eigenvalue weighted by Gasteiger charge is -2.29. The summed E-state index contributed by atoms with van der Waals surface area (Å²) in [7, 11) is 0. The number of guanidine groups is 1. The number of rotatable bonds is 8. The summed E-state index contributed by atoms with van der Waals surface area (Å²) in [6, 6.07) is 12.0. The van der Waals surface area contributed by atoms with Crippen molar-refractivity contribution in [3.63, 3.8) is 0 Å². The second-order valence-corrected chi connectivity index (χ2v) is 8.04. The fourth-order valence-corrected chi connectivity index (χ4v) is 3.32. The summed E-state index contributed by atoms with van der Waals surface area (Å²) in [5, 5.41) is 9.81. The van der Waals surface area contributed by atoms with Gasteiger partial charge in [-0.2, -0.15) is 0 Å². The van der Waals surface area contributed by atoms with E-state index in [-0.39, 0.29) is 11.9 Å². The summed E-state index contributed by atoms with van der Waals surface area (Å²) in [4.78, 5) is 17.1. The first kappa shape index (κ1) is 21.7. The van der Waals surface area contributed by atoms with Gasteiger partial charge in [0.25, 0.3) is 0 Å². The zero-order chi connectivity index (χ0) is 21.4. The quantitative estimate of drug-likeness (QED) is 0.458. The smallest absolute Gasteiger partial charge is 0.227 e. The van der Waals surface area contributed by atoms with Gasteiger partial charge in [0.2, 0.25) is 5.91 Å². The molecule has 2 aromatic rings. The Balaban J connectivity index is 1.71. The number of nitrogens with one attached hydrogen (secondary N) is 3. The highest BCUT2D eigenvalue weighted by Gasteiger charge is 2.27. The summed E-state index contributed by atoms with van der Waals surface area (Å²) in [6.07, 6.45) is 3.27. The summed E-state index contributed by atoms with van der Waals surface area (Å²) in [6.45, 7) is 8.04. The molecule has 1 aromatic carbocycles. The molecular formula is C23H32N4O3. The molecule has 0 fully saturated rings. The first-order chi connectivity index (χ1) is 14.5. The highest BCUT2D eigenvalue weighted by Crippen LogP contribution is 2.31. The number of fused-ring (bicyclic) bond motifs is 1. The van der Waals surface area contributed by atoms with Gasteiger partial charge >= 0.3 is 0 Å². The van der Waals surface area contributed by atoms with E-state index in [1.807, 2.05) is 51.1 Å². The fraction of sp³-hybridized carbons (Fsp3) is 0.478. The molecule has 1 unspecified atom stereocenters. The van der Waals surface area contributed by atoms with Crippen molar-refractivity contribution in [2.24, 2.45) is 10.4 Å². The Hall–Kier alpha value is -2.96. The van der Waals surface area contributed by atoms with Crippen LogP contribution in [0.25, 0.3) is 0 Å². The molecule has 162 valence electrons. The maximum atomic E-state index is 12.4. The van der Waals surface area contributed by atoms with E-state index in [1.54, 1.807) is 6.26 Å². The van der Waals surface area contributed by atoms with Gasteiger partial charge in [-0.3, -0.25) is 9.79 Å². The number of benzene rings is 1. The first-order valence-electron chi connectivity index (χ1n) is 10.6. The lowest BCUT2D eigenvalue weighted by molar-refractivity contribution is -0.128. The van der Waals surface area contributed by atoms with Gasteiger partial charge in [-0.05, 0) is 39.0 Å². The number of para-hydroxylation sites is 1. The molecule has 0 saturated heterocycles. The Morgan fingerprint density at radius 2 is 2.03 bits per heavy atom. The van der Waals surface area contributed by atoms with Crippen LogP contribution in [0.3, 0.4) is 0 Å². The minimum atomic E-state index is -0.598. The molecule has 2 heterocycles. The van der Waals surface area contributed by atoms with Crippen LogP contribution >= 0.6 is 0 Å². The third-order valence-corrected chi connectivity index (χ3v) is 5.10. The van der Waals surface area contributed by atoms with Crippen molar-refractivity contribution in [1.29, 1.82) is 0 Å². The number of hydrogen-bond acceptors (Lipinski definition) is 4. The molecule has 1 aromatic heterocycles. The normalized spacial score (nSPS) is 16.4. The maximum Gasteiger partial charge on any atom is 0.227 e. The largest absolute Gasteiger partial charge is 0.493 e. The third-order valence-electron chi connectivity index (χ3n) is 5.10. The molecular weight excluding hydrogens is 380 g/mol. The Labute approximate surface area is 178 Å². The SMILES string of the molecule is CCNC(=O)C(C)(C)CN=C(NCCc1ccco1)NC1CCOc2ccccc21. The van der Waals surface area contributed by atoms with Gasteiger partial charge in [0.15, 0.2) is 5.96 Å². The predicted octanol–water partition coefficient (Wildman–Crippen LogP) is 3.04. The zero-order valence-corrected chi connectivity index (χ0v) is 18.0. The van der Waals surface area contributed by atoms with Crippen molar-refractivity contribution < 1.29 is 13.9 Å². The third kappa shape index (κ3) is 5.78. The van der Waals surface area contributed by atoms with E-state index in [0.717, 1.165) is 29.9 Å². The zero-order valence-electron chi connectivity index (χ0n) is 18.0. The van der Waals surface area contributed by atoms with Crippen molar-refractivity contribution in [2.75, 3.05) is 26.2 Å². The molecule has 0 aliphatic carbocycles. The van der Waals surface area contributed by atoms with E-state index in [1.165, 1.54) is 0 Å². The number of carbonyl (C=O) groups is 1. The number of ether oxygens (including phenoxy) is 1. The molecule has 0 saturated carbocycles. The van der Waals surface area contributed by atoms with Crippen LogP contribution in [0.5, 0.6) is 5.75 Å². The highest BCUT2D eigenvalue weighted by molar-refractivity contribution is 5.84. The molecule has 1 amide bonds. The van der Waals surface area contributed by atoms with Gasteiger partial charge in [0.1, 0.15) is 11.5 Å². The average molecular weight is 413 g/mol. The van der Waals surface area contributed by atoms with Crippen LogP contribution in [0.2, 0.25) is 0 Å². The van der Waals surface area contributed by atoms with E-state index in [4.69, 9.17) is 14.1 Å². The molecule has 7 nitrogen and oxygen atoms in total. The Morgan fingerprint density at radius 3 is 2.80 bits per heavy atom. The van der Waals surface area contributed by atoms with Crippen molar-refractivity contribution in [3.05, 3.63) is 54.0 Å². The number of aliphatic imine (C=N–C) groups is 1. The fourth-order valence-electron chi connectivity index (χ4n) is 3.32. The monoisotopic (exact) mass is 412 g/mol. The van der Waals surface area contributed by atoms with Gasteiger partial charge in [-0.15, -0.1) is 0 Å². The minimum Gasteiger partial charge on any atom is -0.493 e. The predicted molar refractivity (Wildman–Crippen MR) is 118 cm³/mol. The summed E-state index contributed by atoms with van der Waals surface area (Å²) in [5.74, 6) is 2.50. The molecule has 7 heteroatoms. The maximum absolute atomic E-state index is 12.4. The molecule has 1 atom stereocenters. The van der Waals surface area contributed by atoms with Gasteiger partial charge in [0, 0.05) is 31.5 Å². The summed E-state index contributed by atoms with van der Waals surface area (Å²) >= 11 is 0. The molecule has 0 bridgehead atoms. The molecule has 3 N–H and O–H groups in total. The number of hydrogen-bond donors (Lipinski definition) is 3. The van der Waals surface area contributed by atoms with Crippen LogP contribution in [-0.4, -0.2) is 38.1 Å². The average Bonchev–Trinajstić information content (AvgIpc) is 3.26. The van der Waals surface area contributed by atoms with E-state index < -0.39 is 5.41 Å². The first-order valence-corrected chi connectivity index (χ1v) is 10.6. The molecule has 3 rings (SSSR count). The summed E-state index contributed by atoms with van der Waals surface area (Å²) < 4.78 is 11.2. The van der Waals surface area contributed by atoms with E-state index >= 15 is 0 Å². The van der Waals surface area contributed by atoms with Crippen molar-refractivity contribution in [2.45, 2.75) is 39.7 Å². The second kappa shape index (κ2) is 10.2. The molecule has 30 heavy (non-hydrogen) atoms. The Morgan fingerprint density at radius 1 is 1.20 bits per heavy atom. The lowest BCUT2D eigenvalue weighted by atomic mass is 9.92. The second-order valence-electron chi connectivity index (χ2n) is 8.04. The highest BCUT2D eigenvalue weighted by atomic mass is 16.5. The minimum absolute atomic E-state index is 0.0000903. The van der Waals surface area contributed by atoms with Crippen LogP contribution in [0.1, 0.15) is 44.6 Å². The van der Waals surface area contributed by atoms with Gasteiger partial charge in [-0.25, -0.2) is 0 Å². The number of carbonyl (C=O) groups excluding carboxylic acids is 1. The van der Waals surface area contributed by atoms with Crippen molar-refractivity contribution in [1.82, 2.24) is 16.0 Å². The van der Waals surface area contributed by atoms with Crippen molar-refractivity contribution in [3.8, 4) is 5.75 Å². The van der Waals surface area contributed by atoms with Crippen LogP contribution < -0.4 is 20.7 Å². The lowest BCUT2D eigenvalue weighted by Crippen LogP contribution is -2.44. The Kier molecular flexibility index (Phi) is 7.38. The molecule has 1 aliphatic heterocycles. The molecule has 0 spiro atoms. The topological polar surface area (TPSA) is 87.9 Å². The van der Waals surface area contributed by atoms with E-state index in [9.17, 15) is 4.79 Å². The van der Waals surface area contributed by atoms with Gasteiger partial charge in [-0.1, -0.05) is 18.2 Å². The molecule has 1 aliphatic rings. The Bertz CT molecular complexity index is 846. The van der Waals surface area contributed by atoms with Crippen LogP contribution in [0.4, 0.5) is 0 Å². The van der Waals surface area contributed by atoms with E-state index in [0.29, 0.717) is 32.2 Å². The van der Waals surface area contributed by atoms with E-state index in [2.05, 4.69) is 22.0 Å². The van der Waals surface area contributed by atoms with Gasteiger partial charge < -0.3 is 25.1 Å². The van der Waals surface area contributed by atoms with Crippen LogP contribution in [0.15, 0.2) is 52.1 Å². The summed E-state index contributed by atoms with van der Waals surface area (Å²) in [5.41, 5.74) is 0.520. The molecule has 0 radical (unpaired) electrons. The number of nitrogens with zero attached hydrogens (tertiary/aromatic N) is 1. The van der Waals surface area contributed by atoms with Crippen LogP contribution in [0, 0.1) is 5.41 Å². The standard InChI is InChI=1S/C23H32N4O3/c1-4-24-21(28)23(2,3)16-26-22(25-13-11-17-8-7-14-29-17)27-19-12-15-30-20-10-6-5-9-18(19)20/h5-10,14,19H,4,11-13,15-16H2,1-3H3,(H,24,28)(H2,25,26,27). The number of furan rings is 1. The van der Waals surface area contributed by atoms with Gasteiger partial charge in [0.05, 0.1) is 30.9 Å². The van der Waals surface area contributed by atoms with Crippen molar-refractivity contribution >= 4 is 11.9 Å².